The zero-order valence-electron chi connectivity index (χ0n) is 15.7. The SMILES string of the molecule is C[C@@]1(O)CCC[C@H]1n1c(=O)ccc2cnc(NC3CCN(S(=O)O)CC3)nc21. The fourth-order valence-corrected chi connectivity index (χ4v) is 4.81. The summed E-state index contributed by atoms with van der Waals surface area (Å²) in [6, 6.07) is 2.99. The Morgan fingerprint density at radius 1 is 1.29 bits per heavy atom. The number of hydrogen-bond donors (Lipinski definition) is 3. The number of aromatic nitrogens is 3. The fraction of sp³-hybridized carbons (Fsp3) is 0.611. The van der Waals surface area contributed by atoms with E-state index in [0.717, 1.165) is 18.2 Å². The van der Waals surface area contributed by atoms with E-state index in [1.54, 1.807) is 23.8 Å². The van der Waals surface area contributed by atoms with Crippen molar-refractivity contribution in [3.8, 4) is 0 Å². The third-order valence-corrected chi connectivity index (χ3v) is 6.67. The lowest BCUT2D eigenvalue weighted by molar-refractivity contribution is 0.0267. The molecule has 2 aromatic heterocycles. The first-order chi connectivity index (χ1) is 13.3. The first-order valence-corrected chi connectivity index (χ1v) is 10.6. The van der Waals surface area contributed by atoms with Gasteiger partial charge in [-0.05, 0) is 45.1 Å². The summed E-state index contributed by atoms with van der Waals surface area (Å²) in [5.41, 5.74) is -0.599. The second kappa shape index (κ2) is 7.51. The zero-order valence-corrected chi connectivity index (χ0v) is 16.6. The van der Waals surface area contributed by atoms with Crippen molar-refractivity contribution in [2.24, 2.45) is 0 Å². The summed E-state index contributed by atoms with van der Waals surface area (Å²) in [6.07, 6.45) is 5.33. The van der Waals surface area contributed by atoms with Crippen LogP contribution < -0.4 is 10.9 Å². The normalized spacial score (nSPS) is 27.9. The quantitative estimate of drug-likeness (QED) is 0.653. The van der Waals surface area contributed by atoms with Crippen molar-refractivity contribution in [1.29, 1.82) is 0 Å². The lowest BCUT2D eigenvalue weighted by Gasteiger charge is -2.30. The molecule has 2 aromatic rings. The third-order valence-electron chi connectivity index (χ3n) is 5.87. The van der Waals surface area contributed by atoms with Crippen LogP contribution in [0.25, 0.3) is 11.0 Å². The first kappa shape index (κ1) is 19.4. The van der Waals surface area contributed by atoms with Crippen molar-refractivity contribution in [3.05, 3.63) is 28.7 Å². The molecule has 1 saturated carbocycles. The van der Waals surface area contributed by atoms with Crippen molar-refractivity contribution in [1.82, 2.24) is 18.8 Å². The highest BCUT2D eigenvalue weighted by molar-refractivity contribution is 7.76. The molecule has 2 fully saturated rings. The van der Waals surface area contributed by atoms with Crippen LogP contribution in [0, 0.1) is 0 Å². The van der Waals surface area contributed by atoms with Gasteiger partial charge in [-0.15, -0.1) is 0 Å². The molecule has 1 unspecified atom stereocenters. The van der Waals surface area contributed by atoms with Crippen LogP contribution in [-0.2, 0) is 11.3 Å². The molecule has 0 amide bonds. The Morgan fingerprint density at radius 3 is 2.68 bits per heavy atom. The molecule has 152 valence electrons. The summed E-state index contributed by atoms with van der Waals surface area (Å²) < 4.78 is 23.4. The monoisotopic (exact) mass is 407 g/mol. The van der Waals surface area contributed by atoms with Crippen molar-refractivity contribution < 1.29 is 13.9 Å². The van der Waals surface area contributed by atoms with E-state index in [9.17, 15) is 18.7 Å². The molecule has 1 aliphatic heterocycles. The van der Waals surface area contributed by atoms with Gasteiger partial charge in [0.25, 0.3) is 5.56 Å². The molecule has 0 radical (unpaired) electrons. The number of aliphatic hydroxyl groups is 1. The van der Waals surface area contributed by atoms with Gasteiger partial charge in [0.15, 0.2) is 0 Å². The number of piperidine rings is 1. The highest BCUT2D eigenvalue weighted by atomic mass is 32.2. The highest BCUT2D eigenvalue weighted by Crippen LogP contribution is 2.39. The Bertz CT molecular complexity index is 955. The predicted octanol–water partition coefficient (Wildman–Crippen LogP) is 1.28. The van der Waals surface area contributed by atoms with Gasteiger partial charge in [-0.3, -0.25) is 13.9 Å². The molecule has 4 rings (SSSR count). The number of nitrogens with zero attached hydrogens (tertiary/aromatic N) is 4. The second-order valence-electron chi connectivity index (χ2n) is 7.86. The molecule has 3 heterocycles. The molecular formula is C18H25N5O4S. The van der Waals surface area contributed by atoms with Crippen molar-refractivity contribution >= 4 is 28.2 Å². The van der Waals surface area contributed by atoms with Crippen LogP contribution >= 0.6 is 0 Å². The van der Waals surface area contributed by atoms with Crippen LogP contribution in [0.15, 0.2) is 23.1 Å². The Morgan fingerprint density at radius 2 is 2.04 bits per heavy atom. The standard InChI is InChI=1S/C18H25N5O4S/c1-18(25)8-2-3-14(18)23-15(24)5-4-12-11-19-17(21-16(12)23)20-13-6-9-22(10-7-13)28(26)27/h4-5,11,13-14,25H,2-3,6-10H2,1H3,(H,26,27)(H,19,20,21)/t14-,18-/m1/s1. The van der Waals surface area contributed by atoms with Gasteiger partial charge in [-0.2, -0.15) is 4.98 Å². The topological polar surface area (TPSA) is 121 Å². The van der Waals surface area contributed by atoms with Crippen LogP contribution in [0.1, 0.15) is 45.1 Å². The summed E-state index contributed by atoms with van der Waals surface area (Å²) >= 11 is -1.93. The molecular weight excluding hydrogens is 382 g/mol. The Labute approximate surface area is 165 Å². The maximum atomic E-state index is 12.6. The number of hydrogen-bond acceptors (Lipinski definition) is 6. The van der Waals surface area contributed by atoms with E-state index in [0.29, 0.717) is 43.9 Å². The average molecular weight is 407 g/mol. The summed E-state index contributed by atoms with van der Waals surface area (Å²) in [7, 11) is 0. The lowest BCUT2D eigenvalue weighted by Crippen LogP contribution is -2.40. The minimum Gasteiger partial charge on any atom is -0.388 e. The van der Waals surface area contributed by atoms with Crippen LogP contribution in [-0.4, -0.2) is 57.4 Å². The largest absolute Gasteiger partial charge is 0.388 e. The molecule has 9 nitrogen and oxygen atoms in total. The molecule has 28 heavy (non-hydrogen) atoms. The van der Waals surface area contributed by atoms with E-state index in [2.05, 4.69) is 15.3 Å². The maximum absolute atomic E-state index is 12.6. The van der Waals surface area contributed by atoms with Crippen LogP contribution in [0.2, 0.25) is 0 Å². The summed E-state index contributed by atoms with van der Waals surface area (Å²) in [5, 5.41) is 14.8. The Kier molecular flexibility index (Phi) is 5.21. The van der Waals surface area contributed by atoms with E-state index >= 15 is 0 Å². The van der Waals surface area contributed by atoms with Crippen LogP contribution in [0.4, 0.5) is 5.95 Å². The fourth-order valence-electron chi connectivity index (χ4n) is 4.29. The van der Waals surface area contributed by atoms with E-state index < -0.39 is 16.9 Å². The first-order valence-electron chi connectivity index (χ1n) is 9.58. The molecule has 0 spiro atoms. The number of anilines is 1. The average Bonchev–Trinajstić information content (AvgIpc) is 3.01. The molecule has 10 heteroatoms. The lowest BCUT2D eigenvalue weighted by atomic mass is 10.00. The minimum absolute atomic E-state index is 0.0933. The van der Waals surface area contributed by atoms with Gasteiger partial charge in [-0.1, -0.05) is 0 Å². The smallest absolute Gasteiger partial charge is 0.252 e. The van der Waals surface area contributed by atoms with Gasteiger partial charge >= 0.3 is 0 Å². The van der Waals surface area contributed by atoms with Crippen LogP contribution in [0.5, 0.6) is 0 Å². The summed E-state index contributed by atoms with van der Waals surface area (Å²) in [5.74, 6) is 0.424. The highest BCUT2D eigenvalue weighted by Gasteiger charge is 2.39. The number of pyridine rings is 1. The van der Waals surface area contributed by atoms with Gasteiger partial charge in [-0.25, -0.2) is 13.5 Å². The molecule has 2 aliphatic rings. The van der Waals surface area contributed by atoms with Gasteiger partial charge < -0.3 is 10.4 Å². The van der Waals surface area contributed by atoms with E-state index in [-0.39, 0.29) is 17.6 Å². The molecule has 3 N–H and O–H groups in total. The van der Waals surface area contributed by atoms with Gasteiger partial charge in [0.05, 0.1) is 11.6 Å². The van der Waals surface area contributed by atoms with E-state index in [1.807, 2.05) is 0 Å². The number of nitrogens with one attached hydrogen (secondary N) is 1. The summed E-state index contributed by atoms with van der Waals surface area (Å²) in [6.45, 7) is 2.81. The van der Waals surface area contributed by atoms with Crippen molar-refractivity contribution in [3.63, 3.8) is 0 Å². The molecule has 1 aliphatic carbocycles. The van der Waals surface area contributed by atoms with E-state index in [1.165, 1.54) is 10.4 Å². The minimum atomic E-state index is -1.93. The Balaban J connectivity index is 1.63. The van der Waals surface area contributed by atoms with Gasteiger partial charge in [0.2, 0.25) is 17.2 Å². The van der Waals surface area contributed by atoms with Gasteiger partial charge in [0, 0.05) is 36.8 Å². The maximum Gasteiger partial charge on any atom is 0.252 e. The molecule has 3 atom stereocenters. The Hall–Kier alpha value is -1.88. The molecule has 1 saturated heterocycles. The van der Waals surface area contributed by atoms with Crippen molar-refractivity contribution in [2.75, 3.05) is 18.4 Å². The van der Waals surface area contributed by atoms with E-state index in [4.69, 9.17) is 0 Å². The second-order valence-corrected chi connectivity index (χ2v) is 8.84. The zero-order chi connectivity index (χ0) is 19.9. The van der Waals surface area contributed by atoms with Crippen molar-refractivity contribution in [2.45, 2.75) is 56.7 Å². The summed E-state index contributed by atoms with van der Waals surface area (Å²) in [4.78, 5) is 21.6. The molecule has 0 aromatic carbocycles. The van der Waals surface area contributed by atoms with Crippen LogP contribution in [0.3, 0.4) is 0 Å². The number of fused-ring (bicyclic) bond motifs is 1. The molecule has 0 bridgehead atoms. The number of rotatable bonds is 4. The van der Waals surface area contributed by atoms with Gasteiger partial charge in [0.1, 0.15) is 5.65 Å². The third kappa shape index (κ3) is 3.69. The predicted molar refractivity (Wildman–Crippen MR) is 106 cm³/mol.